The molecule has 0 bridgehead atoms. The summed E-state index contributed by atoms with van der Waals surface area (Å²) in [6.45, 7) is 1.94. The van der Waals surface area contributed by atoms with Gasteiger partial charge in [-0.15, -0.1) is 34.9 Å². The van der Waals surface area contributed by atoms with Crippen molar-refractivity contribution >= 4 is 81.6 Å². The van der Waals surface area contributed by atoms with Crippen LogP contribution in [0.5, 0.6) is 0 Å². The number of nitrogens with zero attached hydrogens (tertiary/aromatic N) is 4. The van der Waals surface area contributed by atoms with Crippen LogP contribution in [-0.4, -0.2) is 84.0 Å². The maximum Gasteiger partial charge on any atom is 0.353 e. The number of anilines is 1. The smallest absolute Gasteiger partial charge is 0.353 e. The zero-order chi connectivity index (χ0) is 27.4. The molecule has 0 saturated carbocycles. The van der Waals surface area contributed by atoms with Crippen molar-refractivity contribution < 1.29 is 24.7 Å². The highest BCUT2D eigenvalue weighted by Crippen LogP contribution is 2.46. The molecule has 2 aromatic heterocycles. The number of thiazole rings is 1. The molecule has 3 atom stereocenters. The van der Waals surface area contributed by atoms with Gasteiger partial charge < -0.3 is 26.7 Å². The number of aliphatic carboxylic acids is 1. The number of carbonyl (C=O) groups excluding carboxylic acids is 2. The van der Waals surface area contributed by atoms with Crippen LogP contribution in [0.3, 0.4) is 0 Å². The Morgan fingerprint density at radius 1 is 1.45 bits per heavy atom. The Morgan fingerprint density at radius 3 is 2.89 bits per heavy atom. The number of pyridine rings is 1. The first-order valence-electron chi connectivity index (χ1n) is 10.9. The summed E-state index contributed by atoms with van der Waals surface area (Å²) in [6, 6.07) is 0.828. The number of hydrogen-bond donors (Lipinski definition) is 6. The number of thioether (sulfide) groups is 3. The zero-order valence-electron chi connectivity index (χ0n) is 19.7. The molecule has 200 valence electrons. The molecule has 2 aliphatic rings. The number of oxime groups is 1. The van der Waals surface area contributed by atoms with Crippen LogP contribution in [0.1, 0.15) is 12.6 Å². The van der Waals surface area contributed by atoms with Crippen LogP contribution in [0.25, 0.3) is 0 Å². The molecule has 0 aliphatic carbocycles. The molecule has 2 amide bonds. The van der Waals surface area contributed by atoms with Crippen LogP contribution < -0.4 is 16.4 Å². The molecule has 4 heterocycles. The first-order chi connectivity index (χ1) is 18.2. The number of fused-ring (bicyclic) bond motifs is 1. The second kappa shape index (κ2) is 12.1. The zero-order valence-corrected chi connectivity index (χ0v) is 22.9. The minimum Gasteiger partial charge on any atom is -0.477 e. The molecule has 1 unspecified atom stereocenters. The molecule has 7 N–H and O–H groups in total. The number of carboxylic acids is 1. The Morgan fingerprint density at radius 2 is 2.24 bits per heavy atom. The minimum atomic E-state index is -1.25. The van der Waals surface area contributed by atoms with Gasteiger partial charge in [-0.2, -0.15) is 0 Å². The quantitative estimate of drug-likeness (QED) is 0.0546. The van der Waals surface area contributed by atoms with E-state index in [0.717, 1.165) is 27.5 Å². The van der Waals surface area contributed by atoms with Gasteiger partial charge in [-0.25, -0.2) is 9.78 Å². The van der Waals surface area contributed by atoms with E-state index >= 15 is 0 Å². The van der Waals surface area contributed by atoms with Gasteiger partial charge in [-0.3, -0.25) is 24.9 Å². The average Bonchev–Trinajstić information content (AvgIpc) is 3.32. The summed E-state index contributed by atoms with van der Waals surface area (Å²) in [6.07, 6.45) is 4.44. The molecule has 4 rings (SSSR count). The third kappa shape index (κ3) is 5.74. The third-order valence-electron chi connectivity index (χ3n) is 5.34. The van der Waals surface area contributed by atoms with Crippen molar-refractivity contribution in [1.29, 1.82) is 5.41 Å². The van der Waals surface area contributed by atoms with Gasteiger partial charge in [0, 0.05) is 50.0 Å². The second-order valence-electron chi connectivity index (χ2n) is 7.90. The number of aromatic nitrogens is 2. The molecule has 0 spiro atoms. The SMILES string of the molecule is CC(CSc1cnccc1SC1=C(C(=O)O)N2C(=O)[C@@H](NC(=O)/C(=N\O)c3csc(N)n3)[C@@H]2SC1)NC=N. The van der Waals surface area contributed by atoms with Gasteiger partial charge in [0.15, 0.2) is 10.8 Å². The third-order valence-corrected chi connectivity index (χ3v) is 10.1. The van der Waals surface area contributed by atoms with E-state index in [1.165, 1.54) is 45.6 Å². The van der Waals surface area contributed by atoms with Gasteiger partial charge in [0.1, 0.15) is 22.8 Å². The molecule has 1 fully saturated rings. The minimum absolute atomic E-state index is 0.0467. The molecule has 38 heavy (non-hydrogen) atoms. The number of carboxylic acid groups (broad SMARTS) is 1. The number of hydrogen-bond acceptors (Lipinski definition) is 13. The van der Waals surface area contributed by atoms with E-state index in [1.807, 2.05) is 6.92 Å². The van der Waals surface area contributed by atoms with Crippen molar-refractivity contribution in [2.75, 3.05) is 17.2 Å². The highest BCUT2D eigenvalue weighted by molar-refractivity contribution is 8.07. The first kappa shape index (κ1) is 27.7. The van der Waals surface area contributed by atoms with Crippen molar-refractivity contribution in [1.82, 2.24) is 25.5 Å². The summed E-state index contributed by atoms with van der Waals surface area (Å²) in [4.78, 5) is 49.4. The van der Waals surface area contributed by atoms with Gasteiger partial charge in [0.2, 0.25) is 0 Å². The van der Waals surface area contributed by atoms with E-state index in [-0.39, 0.29) is 22.6 Å². The van der Waals surface area contributed by atoms with Crippen LogP contribution in [-0.2, 0) is 14.4 Å². The molecule has 17 heteroatoms. The Hall–Kier alpha value is -3.28. The second-order valence-corrected chi connectivity index (χ2v) is 12.1. The topological polar surface area (TPSA) is 207 Å². The van der Waals surface area contributed by atoms with Gasteiger partial charge in [0.05, 0.1) is 6.34 Å². The van der Waals surface area contributed by atoms with Gasteiger partial charge in [-0.05, 0) is 13.0 Å². The van der Waals surface area contributed by atoms with Crippen molar-refractivity contribution in [3.05, 3.63) is 40.1 Å². The highest BCUT2D eigenvalue weighted by atomic mass is 32.2. The molecule has 2 aliphatic heterocycles. The summed E-state index contributed by atoms with van der Waals surface area (Å²) in [5.41, 5.74) is 5.11. The Labute approximate surface area is 233 Å². The fourth-order valence-electron chi connectivity index (χ4n) is 3.59. The van der Waals surface area contributed by atoms with E-state index < -0.39 is 34.9 Å². The Bertz CT molecular complexity index is 1330. The van der Waals surface area contributed by atoms with Crippen molar-refractivity contribution in [3.63, 3.8) is 0 Å². The van der Waals surface area contributed by atoms with Crippen LogP contribution in [0.15, 0.2) is 49.4 Å². The fraction of sp³-hybridized carbons (Fsp3) is 0.286. The van der Waals surface area contributed by atoms with Crippen LogP contribution in [0.4, 0.5) is 5.13 Å². The van der Waals surface area contributed by atoms with E-state index in [0.29, 0.717) is 16.4 Å². The average molecular weight is 595 g/mol. The number of nitrogens with one attached hydrogen (secondary N) is 3. The first-order valence-corrected chi connectivity index (χ1v) is 14.6. The summed E-state index contributed by atoms with van der Waals surface area (Å²) in [5.74, 6) is -1.71. The maximum absolute atomic E-state index is 13.0. The lowest BCUT2D eigenvalue weighted by Gasteiger charge is -2.49. The lowest BCUT2D eigenvalue weighted by atomic mass is 10.0. The van der Waals surface area contributed by atoms with Crippen LogP contribution in [0, 0.1) is 5.41 Å². The number of rotatable bonds is 11. The summed E-state index contributed by atoms with van der Waals surface area (Å²) in [5, 5.41) is 35.9. The molecule has 0 aromatic carbocycles. The fourth-order valence-corrected chi connectivity index (χ4v) is 7.77. The lowest BCUT2D eigenvalue weighted by Crippen LogP contribution is -2.71. The van der Waals surface area contributed by atoms with E-state index in [1.54, 1.807) is 18.5 Å². The number of amides is 2. The van der Waals surface area contributed by atoms with Crippen molar-refractivity contribution in [2.45, 2.75) is 34.2 Å². The monoisotopic (exact) mass is 594 g/mol. The van der Waals surface area contributed by atoms with E-state index in [9.17, 15) is 24.7 Å². The van der Waals surface area contributed by atoms with Crippen LogP contribution >= 0.6 is 46.6 Å². The predicted molar refractivity (Wildman–Crippen MR) is 147 cm³/mol. The van der Waals surface area contributed by atoms with Gasteiger partial charge in [0.25, 0.3) is 11.8 Å². The molecule has 2 aromatic rings. The summed E-state index contributed by atoms with van der Waals surface area (Å²) in [7, 11) is 0. The molecule has 0 radical (unpaired) electrons. The van der Waals surface area contributed by atoms with E-state index in [4.69, 9.17) is 11.1 Å². The van der Waals surface area contributed by atoms with E-state index in [2.05, 4.69) is 25.8 Å². The highest BCUT2D eigenvalue weighted by Gasteiger charge is 2.54. The largest absolute Gasteiger partial charge is 0.477 e. The van der Waals surface area contributed by atoms with Crippen molar-refractivity contribution in [3.8, 4) is 0 Å². The maximum atomic E-state index is 13.0. The number of nitrogen functional groups attached to an aromatic ring is 1. The summed E-state index contributed by atoms with van der Waals surface area (Å²) >= 11 is 5.16. The lowest BCUT2D eigenvalue weighted by molar-refractivity contribution is -0.150. The number of β-lactam (4-membered cyclic amide) rings is 1. The number of nitrogens with two attached hydrogens (primary N) is 1. The predicted octanol–water partition coefficient (Wildman–Crippen LogP) is 1.46. The molecule has 1 saturated heterocycles. The van der Waals surface area contributed by atoms with Gasteiger partial charge >= 0.3 is 5.97 Å². The summed E-state index contributed by atoms with van der Waals surface area (Å²) < 4.78 is 0. The Balaban J connectivity index is 1.50. The van der Waals surface area contributed by atoms with Crippen molar-refractivity contribution in [2.24, 2.45) is 5.16 Å². The molecule has 13 nitrogen and oxygen atoms in total. The Kier molecular flexibility index (Phi) is 8.80. The van der Waals surface area contributed by atoms with Gasteiger partial charge in [-0.1, -0.05) is 16.9 Å². The molecular formula is C21H22N8O5S4. The molecular weight excluding hydrogens is 573 g/mol. The van der Waals surface area contributed by atoms with Crippen LogP contribution in [0.2, 0.25) is 0 Å². The standard InChI is InChI=1S/C21H22N8O5S4/c1-9(25-8-22)5-35-12-4-24-3-2-11(12)38-13-7-36-19-15(18(31)29(19)16(13)20(32)33)27-17(30)14(28-34)10-6-37-21(23)26-10/h2-4,6,8-9,15,19,34H,5,7H2,1H3,(H2,22,25)(H2,23,26)(H,27,30)(H,32,33)/b28-14-/t9?,15-,19+/m1/s1. The normalized spacial score (nSPS) is 19.9. The number of carbonyl (C=O) groups is 3.